The molecule has 1 aliphatic heterocycles. The molecule has 0 spiro atoms. The number of aliphatic hydroxyl groups excluding tert-OH is 1. The van der Waals surface area contributed by atoms with E-state index in [1.165, 1.54) is 0 Å². The number of rotatable bonds is 6. The van der Waals surface area contributed by atoms with Gasteiger partial charge in [0.15, 0.2) is 0 Å². The molecule has 1 aromatic rings. The molecule has 6 heteroatoms. The highest BCUT2D eigenvalue weighted by atomic mass is 32.1. The Labute approximate surface area is 141 Å². The van der Waals surface area contributed by atoms with Crippen LogP contribution in [0.25, 0.3) is 5.57 Å². The standard InChI is InChI=1S/C17H21NO4S/c1-21-14-7-13(8-15(10-14)22-2)12-6-11(4-3-5-19)17(23)18-16(20)9-12/h7-11,19H,3-6H2,1-2H3,(H,18,20,23). The number of thiocarbonyl (C=S) groups is 1. The second-order valence-corrected chi connectivity index (χ2v) is 5.83. The lowest BCUT2D eigenvalue weighted by molar-refractivity contribution is -0.115. The van der Waals surface area contributed by atoms with Crippen molar-refractivity contribution >= 4 is 28.7 Å². The first-order valence-corrected chi connectivity index (χ1v) is 7.88. The van der Waals surface area contributed by atoms with E-state index < -0.39 is 0 Å². The van der Waals surface area contributed by atoms with E-state index in [4.69, 9.17) is 26.8 Å². The minimum atomic E-state index is -0.224. The van der Waals surface area contributed by atoms with Crippen molar-refractivity contribution < 1.29 is 19.4 Å². The van der Waals surface area contributed by atoms with Gasteiger partial charge < -0.3 is 19.9 Å². The molecule has 2 N–H and O–H groups in total. The average Bonchev–Trinajstić information content (AvgIpc) is 2.70. The minimum Gasteiger partial charge on any atom is -0.497 e. The molecule has 0 aliphatic carbocycles. The molecule has 0 saturated carbocycles. The fourth-order valence-corrected chi connectivity index (χ4v) is 2.90. The Morgan fingerprint density at radius 3 is 2.48 bits per heavy atom. The summed E-state index contributed by atoms with van der Waals surface area (Å²) in [6.45, 7) is 0.110. The summed E-state index contributed by atoms with van der Waals surface area (Å²) in [6.07, 6.45) is 3.58. The van der Waals surface area contributed by atoms with Gasteiger partial charge >= 0.3 is 0 Å². The van der Waals surface area contributed by atoms with Crippen LogP contribution in [0.4, 0.5) is 0 Å². The summed E-state index contributed by atoms with van der Waals surface area (Å²) in [5.41, 5.74) is 1.75. The molecule has 23 heavy (non-hydrogen) atoms. The number of ether oxygens (including phenoxy) is 2. The molecular formula is C17H21NO4S. The molecule has 1 amide bonds. The molecule has 5 nitrogen and oxygen atoms in total. The molecule has 1 unspecified atom stereocenters. The number of allylic oxidation sites excluding steroid dienone is 1. The number of aliphatic hydroxyl groups is 1. The van der Waals surface area contributed by atoms with Gasteiger partial charge in [0.05, 0.1) is 19.2 Å². The molecule has 124 valence electrons. The van der Waals surface area contributed by atoms with Gasteiger partial charge in [-0.1, -0.05) is 12.2 Å². The van der Waals surface area contributed by atoms with Crippen LogP contribution in [0.2, 0.25) is 0 Å². The number of carbonyl (C=O) groups excluding carboxylic acids is 1. The number of carbonyl (C=O) groups is 1. The van der Waals surface area contributed by atoms with E-state index in [9.17, 15) is 4.79 Å². The van der Waals surface area contributed by atoms with E-state index >= 15 is 0 Å². The summed E-state index contributed by atoms with van der Waals surface area (Å²) < 4.78 is 10.6. The van der Waals surface area contributed by atoms with Gasteiger partial charge in [0.1, 0.15) is 11.5 Å². The fraction of sp³-hybridized carbons (Fsp3) is 0.412. The molecule has 1 atom stereocenters. The Morgan fingerprint density at radius 1 is 1.26 bits per heavy atom. The molecular weight excluding hydrogens is 314 g/mol. The summed E-state index contributed by atoms with van der Waals surface area (Å²) in [7, 11) is 3.18. The van der Waals surface area contributed by atoms with Crippen molar-refractivity contribution in [2.45, 2.75) is 19.3 Å². The number of nitrogens with one attached hydrogen (secondary N) is 1. The van der Waals surface area contributed by atoms with Crippen molar-refractivity contribution in [1.82, 2.24) is 5.32 Å². The number of amides is 1. The predicted octanol–water partition coefficient (Wildman–Crippen LogP) is 2.32. The highest BCUT2D eigenvalue weighted by molar-refractivity contribution is 7.80. The van der Waals surface area contributed by atoms with E-state index in [1.807, 2.05) is 12.1 Å². The zero-order valence-electron chi connectivity index (χ0n) is 13.3. The van der Waals surface area contributed by atoms with Crippen LogP contribution in [0, 0.1) is 5.92 Å². The van der Waals surface area contributed by atoms with Crippen LogP contribution in [0.15, 0.2) is 24.3 Å². The second-order valence-electron chi connectivity index (χ2n) is 5.39. The van der Waals surface area contributed by atoms with Crippen LogP contribution in [0.1, 0.15) is 24.8 Å². The lowest BCUT2D eigenvalue weighted by atomic mass is 9.91. The number of hydrogen-bond donors (Lipinski definition) is 2. The van der Waals surface area contributed by atoms with E-state index in [0.29, 0.717) is 29.3 Å². The molecule has 0 aromatic heterocycles. The van der Waals surface area contributed by atoms with Crippen LogP contribution in [-0.4, -0.2) is 36.8 Å². The molecule has 0 saturated heterocycles. The highest BCUT2D eigenvalue weighted by Gasteiger charge is 2.23. The predicted molar refractivity (Wildman–Crippen MR) is 92.7 cm³/mol. The van der Waals surface area contributed by atoms with Gasteiger partial charge in [0.2, 0.25) is 5.91 Å². The van der Waals surface area contributed by atoms with E-state index in [1.54, 1.807) is 26.4 Å². The van der Waals surface area contributed by atoms with Gasteiger partial charge in [-0.05, 0) is 42.5 Å². The number of methoxy groups -OCH3 is 2. The molecule has 0 fully saturated rings. The highest BCUT2D eigenvalue weighted by Crippen LogP contribution is 2.32. The van der Waals surface area contributed by atoms with Gasteiger partial charge in [-0.25, -0.2) is 0 Å². The Kier molecular flexibility index (Phi) is 6.12. The first-order chi connectivity index (χ1) is 11.1. The average molecular weight is 335 g/mol. The SMILES string of the molecule is COc1cc(OC)cc(C2=CC(=O)NC(=S)C(CCCO)C2)c1. The number of benzene rings is 1. The summed E-state index contributed by atoms with van der Waals surface area (Å²) in [5, 5.41) is 11.8. The maximum atomic E-state index is 12.0. The third kappa shape index (κ3) is 4.53. The normalized spacial score (nSPS) is 18.0. The second kappa shape index (κ2) is 8.08. The summed E-state index contributed by atoms with van der Waals surface area (Å²) in [6, 6.07) is 5.53. The third-order valence-corrected chi connectivity index (χ3v) is 4.26. The van der Waals surface area contributed by atoms with Crippen molar-refractivity contribution in [1.29, 1.82) is 0 Å². The largest absolute Gasteiger partial charge is 0.497 e. The van der Waals surface area contributed by atoms with Crippen LogP contribution < -0.4 is 14.8 Å². The van der Waals surface area contributed by atoms with Gasteiger partial charge in [-0.3, -0.25) is 4.79 Å². The Bertz CT molecular complexity index is 605. The van der Waals surface area contributed by atoms with Crippen molar-refractivity contribution in [3.8, 4) is 11.5 Å². The molecule has 1 aliphatic rings. The quantitative estimate of drug-likeness (QED) is 0.781. The summed E-state index contributed by atoms with van der Waals surface area (Å²) >= 11 is 5.31. The molecule has 0 radical (unpaired) electrons. The smallest absolute Gasteiger partial charge is 0.249 e. The zero-order valence-corrected chi connectivity index (χ0v) is 14.1. The van der Waals surface area contributed by atoms with Crippen molar-refractivity contribution in [3.63, 3.8) is 0 Å². The monoisotopic (exact) mass is 335 g/mol. The van der Waals surface area contributed by atoms with Crippen LogP contribution in [0.5, 0.6) is 11.5 Å². The minimum absolute atomic E-state index is 0.0204. The first-order valence-electron chi connectivity index (χ1n) is 7.47. The van der Waals surface area contributed by atoms with E-state index in [2.05, 4.69) is 5.32 Å². The number of hydrogen-bond acceptors (Lipinski definition) is 5. The van der Waals surface area contributed by atoms with Gasteiger partial charge in [0, 0.05) is 24.7 Å². The van der Waals surface area contributed by atoms with Crippen molar-refractivity contribution in [2.24, 2.45) is 5.92 Å². The van der Waals surface area contributed by atoms with Gasteiger partial charge in [-0.15, -0.1) is 0 Å². The van der Waals surface area contributed by atoms with Crippen LogP contribution in [0.3, 0.4) is 0 Å². The Morgan fingerprint density at radius 2 is 1.91 bits per heavy atom. The summed E-state index contributed by atoms with van der Waals surface area (Å²) in [4.78, 5) is 12.6. The lowest BCUT2D eigenvalue weighted by Gasteiger charge is -2.17. The lowest BCUT2D eigenvalue weighted by Crippen LogP contribution is -2.31. The van der Waals surface area contributed by atoms with Gasteiger partial charge in [-0.2, -0.15) is 0 Å². The third-order valence-electron chi connectivity index (χ3n) is 3.82. The van der Waals surface area contributed by atoms with Crippen molar-refractivity contribution in [3.05, 3.63) is 29.8 Å². The molecule has 0 bridgehead atoms. The summed E-state index contributed by atoms with van der Waals surface area (Å²) in [5.74, 6) is 1.13. The first kappa shape index (κ1) is 17.4. The van der Waals surface area contributed by atoms with Crippen molar-refractivity contribution in [2.75, 3.05) is 20.8 Å². The van der Waals surface area contributed by atoms with E-state index in [-0.39, 0.29) is 18.4 Å². The Hall–Kier alpha value is -1.92. The molecule has 1 aromatic carbocycles. The maximum Gasteiger partial charge on any atom is 0.249 e. The van der Waals surface area contributed by atoms with E-state index in [0.717, 1.165) is 17.6 Å². The Balaban J connectivity index is 2.35. The van der Waals surface area contributed by atoms with Gasteiger partial charge in [0.25, 0.3) is 0 Å². The fourth-order valence-electron chi connectivity index (χ4n) is 2.60. The maximum absolute atomic E-state index is 12.0. The zero-order chi connectivity index (χ0) is 16.8. The van der Waals surface area contributed by atoms with Crippen LogP contribution >= 0.6 is 12.2 Å². The van der Waals surface area contributed by atoms with Crippen LogP contribution in [-0.2, 0) is 4.79 Å². The molecule has 2 rings (SSSR count). The topological polar surface area (TPSA) is 67.8 Å². The molecule has 1 heterocycles.